The van der Waals surface area contributed by atoms with Gasteiger partial charge >= 0.3 is 0 Å². The number of rotatable bonds is 2. The van der Waals surface area contributed by atoms with Crippen molar-refractivity contribution >= 4 is 28.0 Å². The molecule has 0 atom stereocenters. The number of aromatic nitrogens is 1. The molecule has 3 aromatic rings. The molecule has 110 valence electrons. The van der Waals surface area contributed by atoms with Crippen LogP contribution in [0, 0.1) is 5.82 Å². The zero-order valence-electron chi connectivity index (χ0n) is 11.5. The quantitative estimate of drug-likeness (QED) is 0.709. The molecule has 2 heterocycles. The lowest BCUT2D eigenvalue weighted by atomic mass is 10.1. The molecule has 0 fully saturated rings. The van der Waals surface area contributed by atoms with Crippen LogP contribution in [0.1, 0.15) is 0 Å². The van der Waals surface area contributed by atoms with E-state index < -0.39 is 0 Å². The predicted octanol–water partition coefficient (Wildman–Crippen LogP) is 3.43. The highest BCUT2D eigenvalue weighted by molar-refractivity contribution is 6.00. The maximum absolute atomic E-state index is 14.2. The number of hydrogen-bond donors (Lipinski definition) is 2. The van der Waals surface area contributed by atoms with Crippen LogP contribution in [-0.4, -0.2) is 11.8 Å². The number of ether oxygens (including phenoxy) is 2. The third-order valence-corrected chi connectivity index (χ3v) is 3.55. The fourth-order valence-electron chi connectivity index (χ4n) is 2.49. The van der Waals surface area contributed by atoms with E-state index in [0.717, 1.165) is 5.69 Å². The molecule has 4 rings (SSSR count). The topological polar surface area (TPSA) is 69.4 Å². The molecular formula is C16H12FN3O2. The summed E-state index contributed by atoms with van der Waals surface area (Å²) in [6.07, 6.45) is 1.59. The molecule has 0 saturated carbocycles. The second-order valence-electron chi connectivity index (χ2n) is 4.91. The lowest BCUT2D eigenvalue weighted by Crippen LogP contribution is -1.98. The van der Waals surface area contributed by atoms with Gasteiger partial charge in [-0.1, -0.05) is 0 Å². The molecule has 0 amide bonds. The minimum atomic E-state index is -0.374. The highest BCUT2D eigenvalue weighted by Crippen LogP contribution is 2.36. The van der Waals surface area contributed by atoms with Crippen LogP contribution < -0.4 is 20.5 Å². The molecule has 0 unspecified atom stereocenters. The van der Waals surface area contributed by atoms with Gasteiger partial charge in [0, 0.05) is 29.0 Å². The molecule has 5 nitrogen and oxygen atoms in total. The van der Waals surface area contributed by atoms with Gasteiger partial charge in [0.15, 0.2) is 11.5 Å². The maximum Gasteiger partial charge on any atom is 0.231 e. The summed E-state index contributed by atoms with van der Waals surface area (Å²) in [5, 5.41) is 4.09. The largest absolute Gasteiger partial charge is 0.454 e. The van der Waals surface area contributed by atoms with Gasteiger partial charge in [-0.25, -0.2) is 9.37 Å². The van der Waals surface area contributed by atoms with E-state index in [9.17, 15) is 4.39 Å². The van der Waals surface area contributed by atoms with Crippen LogP contribution in [-0.2, 0) is 0 Å². The Balaban J connectivity index is 1.80. The van der Waals surface area contributed by atoms with Gasteiger partial charge in [0.1, 0.15) is 11.6 Å². The van der Waals surface area contributed by atoms with E-state index in [2.05, 4.69) is 10.3 Å². The van der Waals surface area contributed by atoms with E-state index in [1.165, 1.54) is 6.07 Å². The van der Waals surface area contributed by atoms with Gasteiger partial charge in [-0.2, -0.15) is 0 Å². The normalized spacial score (nSPS) is 12.6. The van der Waals surface area contributed by atoms with Gasteiger partial charge in [0.2, 0.25) is 6.79 Å². The second-order valence-corrected chi connectivity index (χ2v) is 4.91. The molecule has 6 heteroatoms. The summed E-state index contributed by atoms with van der Waals surface area (Å²) in [7, 11) is 0. The van der Waals surface area contributed by atoms with Crippen molar-refractivity contribution < 1.29 is 13.9 Å². The monoisotopic (exact) mass is 297 g/mol. The van der Waals surface area contributed by atoms with Crippen LogP contribution in [0.25, 0.3) is 10.8 Å². The van der Waals surface area contributed by atoms with E-state index in [-0.39, 0.29) is 12.6 Å². The number of fused-ring (bicyclic) bond motifs is 2. The zero-order valence-corrected chi connectivity index (χ0v) is 11.5. The molecule has 3 N–H and O–H groups in total. The standard InChI is InChI=1S/C16H12FN3O2/c17-11-2-3-12(18)10-5-6-19-16(15(10)11)20-9-1-4-13-14(7-9)22-8-21-13/h1-7H,8,18H2,(H,19,20). The van der Waals surface area contributed by atoms with Crippen molar-refractivity contribution in [1.29, 1.82) is 0 Å². The summed E-state index contributed by atoms with van der Waals surface area (Å²) in [6.45, 7) is 0.205. The minimum absolute atomic E-state index is 0.205. The summed E-state index contributed by atoms with van der Waals surface area (Å²) in [5.41, 5.74) is 7.14. The lowest BCUT2D eigenvalue weighted by Gasteiger charge is -2.11. The Morgan fingerprint density at radius 3 is 2.86 bits per heavy atom. The number of anilines is 3. The molecule has 0 saturated heterocycles. The summed E-state index contributed by atoms with van der Waals surface area (Å²) in [6, 6.07) is 9.97. The molecule has 1 aliphatic heterocycles. The van der Waals surface area contributed by atoms with Crippen molar-refractivity contribution in [3.8, 4) is 11.5 Å². The average Bonchev–Trinajstić information content (AvgIpc) is 2.99. The predicted molar refractivity (Wildman–Crippen MR) is 82.0 cm³/mol. The summed E-state index contributed by atoms with van der Waals surface area (Å²) in [4.78, 5) is 4.22. The number of hydrogen-bond acceptors (Lipinski definition) is 5. The van der Waals surface area contributed by atoms with E-state index in [0.29, 0.717) is 33.8 Å². The Kier molecular flexibility index (Phi) is 2.75. The van der Waals surface area contributed by atoms with Crippen LogP contribution in [0.4, 0.5) is 21.6 Å². The van der Waals surface area contributed by atoms with Crippen LogP contribution in [0.5, 0.6) is 11.5 Å². The average molecular weight is 297 g/mol. The third kappa shape index (κ3) is 1.96. The fraction of sp³-hybridized carbons (Fsp3) is 0.0625. The van der Waals surface area contributed by atoms with E-state index in [1.807, 2.05) is 6.07 Å². The van der Waals surface area contributed by atoms with E-state index >= 15 is 0 Å². The lowest BCUT2D eigenvalue weighted by molar-refractivity contribution is 0.174. The Labute approximate surface area is 125 Å². The second kappa shape index (κ2) is 4.77. The first-order valence-electron chi connectivity index (χ1n) is 6.72. The van der Waals surface area contributed by atoms with Crippen LogP contribution in [0.2, 0.25) is 0 Å². The summed E-state index contributed by atoms with van der Waals surface area (Å²) in [5.74, 6) is 1.36. The van der Waals surface area contributed by atoms with E-state index in [4.69, 9.17) is 15.2 Å². The van der Waals surface area contributed by atoms with Crippen LogP contribution >= 0.6 is 0 Å². The van der Waals surface area contributed by atoms with Gasteiger partial charge in [0.25, 0.3) is 0 Å². The molecule has 0 spiro atoms. The molecule has 0 radical (unpaired) electrons. The third-order valence-electron chi connectivity index (χ3n) is 3.55. The Bertz CT molecular complexity index is 883. The van der Waals surface area contributed by atoms with Crippen molar-refractivity contribution in [2.75, 3.05) is 17.8 Å². The Morgan fingerprint density at radius 1 is 1.09 bits per heavy atom. The van der Waals surface area contributed by atoms with Gasteiger partial charge < -0.3 is 20.5 Å². The maximum atomic E-state index is 14.2. The van der Waals surface area contributed by atoms with Crippen LogP contribution in [0.3, 0.4) is 0 Å². The number of nitrogens with zero attached hydrogens (tertiary/aromatic N) is 1. The smallest absolute Gasteiger partial charge is 0.231 e. The molecule has 0 bridgehead atoms. The number of pyridine rings is 1. The number of halogens is 1. The molecule has 2 aromatic carbocycles. The van der Waals surface area contributed by atoms with Gasteiger partial charge in [-0.05, 0) is 30.3 Å². The first kappa shape index (κ1) is 12.7. The molecular weight excluding hydrogens is 285 g/mol. The Morgan fingerprint density at radius 2 is 1.95 bits per heavy atom. The van der Waals surface area contributed by atoms with Crippen molar-refractivity contribution in [2.45, 2.75) is 0 Å². The van der Waals surface area contributed by atoms with Gasteiger partial charge in [-0.15, -0.1) is 0 Å². The molecule has 1 aromatic heterocycles. The number of nitrogens with two attached hydrogens (primary N) is 1. The molecule has 22 heavy (non-hydrogen) atoms. The first-order valence-corrected chi connectivity index (χ1v) is 6.72. The summed E-state index contributed by atoms with van der Waals surface area (Å²) >= 11 is 0. The van der Waals surface area contributed by atoms with Crippen molar-refractivity contribution in [1.82, 2.24) is 4.98 Å². The van der Waals surface area contributed by atoms with Gasteiger partial charge in [0.05, 0.1) is 5.39 Å². The van der Waals surface area contributed by atoms with Crippen LogP contribution in [0.15, 0.2) is 42.6 Å². The van der Waals surface area contributed by atoms with Crippen molar-refractivity contribution in [2.24, 2.45) is 0 Å². The highest BCUT2D eigenvalue weighted by atomic mass is 19.1. The number of nitrogen functional groups attached to an aromatic ring is 1. The zero-order chi connectivity index (χ0) is 15.1. The number of nitrogens with one attached hydrogen (secondary N) is 1. The molecule has 0 aliphatic carbocycles. The van der Waals surface area contributed by atoms with Crippen molar-refractivity contribution in [3.05, 3.63) is 48.4 Å². The number of benzene rings is 2. The minimum Gasteiger partial charge on any atom is -0.454 e. The molecule has 1 aliphatic rings. The van der Waals surface area contributed by atoms with E-state index in [1.54, 1.807) is 30.5 Å². The Hall–Kier alpha value is -3.02. The fourth-order valence-corrected chi connectivity index (χ4v) is 2.49. The summed E-state index contributed by atoms with van der Waals surface area (Å²) < 4.78 is 24.8. The SMILES string of the molecule is Nc1ccc(F)c2c(Nc3ccc4c(c3)OCO4)nccc12. The van der Waals surface area contributed by atoms with Crippen molar-refractivity contribution in [3.63, 3.8) is 0 Å². The highest BCUT2D eigenvalue weighted by Gasteiger charge is 2.15. The first-order chi connectivity index (χ1) is 10.7. The van der Waals surface area contributed by atoms with Gasteiger partial charge in [-0.3, -0.25) is 0 Å².